The van der Waals surface area contributed by atoms with Gasteiger partial charge >= 0.3 is 0 Å². The Hall–Kier alpha value is -0.710. The van der Waals surface area contributed by atoms with E-state index in [9.17, 15) is 0 Å². The van der Waals surface area contributed by atoms with Crippen LogP contribution in [0.3, 0.4) is 0 Å². The third kappa shape index (κ3) is 2.26. The van der Waals surface area contributed by atoms with E-state index in [1.54, 1.807) is 13.2 Å². The number of hydrogen-bond donors (Lipinski definition) is 0. The van der Waals surface area contributed by atoms with Crippen LogP contribution >= 0.6 is 39.1 Å². The van der Waals surface area contributed by atoms with Gasteiger partial charge in [-0.05, 0) is 28.1 Å². The van der Waals surface area contributed by atoms with Gasteiger partial charge < -0.3 is 9.30 Å². The minimum atomic E-state index is 0.247. The van der Waals surface area contributed by atoms with Crippen molar-refractivity contribution in [2.75, 3.05) is 7.11 Å². The molecule has 1 aromatic carbocycles. The Kier molecular flexibility index (Phi) is 3.50. The van der Waals surface area contributed by atoms with E-state index in [0.717, 1.165) is 34.7 Å². The number of imidazole rings is 1. The number of aromatic nitrogens is 2. The molecule has 2 aromatic rings. The normalized spacial score (nSPS) is 17.6. The molecule has 3 nitrogen and oxygen atoms in total. The maximum absolute atomic E-state index is 6.35. The summed E-state index contributed by atoms with van der Waals surface area (Å²) in [4.78, 5) is 4.44. The SMILES string of the molecule is COc1ccc(Cl)c(Cl)c1C1Cc2nc(Br)cn2C1. The van der Waals surface area contributed by atoms with Crippen LogP contribution in [0.25, 0.3) is 0 Å². The van der Waals surface area contributed by atoms with Gasteiger partial charge in [-0.3, -0.25) is 0 Å². The molecule has 0 radical (unpaired) electrons. The average molecular weight is 362 g/mol. The number of nitrogens with zero attached hydrogens (tertiary/aromatic N) is 2. The molecule has 19 heavy (non-hydrogen) atoms. The lowest BCUT2D eigenvalue weighted by atomic mass is 9.96. The second-order valence-corrected chi connectivity index (χ2v) is 6.11. The van der Waals surface area contributed by atoms with Crippen molar-refractivity contribution in [2.24, 2.45) is 0 Å². The fourth-order valence-corrected chi connectivity index (χ4v) is 3.49. The van der Waals surface area contributed by atoms with Crippen molar-refractivity contribution < 1.29 is 4.74 Å². The lowest BCUT2D eigenvalue weighted by Crippen LogP contribution is -2.04. The predicted molar refractivity (Wildman–Crippen MR) is 79.4 cm³/mol. The molecule has 0 spiro atoms. The lowest BCUT2D eigenvalue weighted by Gasteiger charge is -2.16. The Morgan fingerprint density at radius 3 is 2.89 bits per heavy atom. The third-order valence-corrected chi connectivity index (χ3v) is 4.60. The molecule has 1 aliphatic heterocycles. The van der Waals surface area contributed by atoms with E-state index in [2.05, 4.69) is 25.5 Å². The van der Waals surface area contributed by atoms with Gasteiger partial charge in [-0.15, -0.1) is 0 Å². The van der Waals surface area contributed by atoms with E-state index in [1.807, 2.05) is 12.3 Å². The first kappa shape index (κ1) is 13.3. The van der Waals surface area contributed by atoms with Crippen LogP contribution in [0.5, 0.6) is 5.75 Å². The fourth-order valence-electron chi connectivity index (χ4n) is 2.56. The second kappa shape index (κ2) is 5.00. The molecule has 2 heterocycles. The van der Waals surface area contributed by atoms with E-state index >= 15 is 0 Å². The average Bonchev–Trinajstić information content (AvgIpc) is 2.89. The fraction of sp³-hybridized carbons (Fsp3) is 0.308. The predicted octanol–water partition coefficient (Wildman–Crippen LogP) is 4.30. The van der Waals surface area contributed by atoms with Gasteiger partial charge in [0.15, 0.2) is 0 Å². The highest BCUT2D eigenvalue weighted by atomic mass is 79.9. The molecule has 100 valence electrons. The van der Waals surface area contributed by atoms with Crippen LogP contribution in [0, 0.1) is 0 Å². The number of ether oxygens (including phenoxy) is 1. The topological polar surface area (TPSA) is 27.1 Å². The lowest BCUT2D eigenvalue weighted by molar-refractivity contribution is 0.404. The van der Waals surface area contributed by atoms with Gasteiger partial charge in [0.05, 0.1) is 17.2 Å². The smallest absolute Gasteiger partial charge is 0.124 e. The monoisotopic (exact) mass is 360 g/mol. The van der Waals surface area contributed by atoms with Crippen molar-refractivity contribution in [3.63, 3.8) is 0 Å². The number of rotatable bonds is 2. The molecule has 0 fully saturated rings. The van der Waals surface area contributed by atoms with Crippen LogP contribution in [-0.4, -0.2) is 16.7 Å². The van der Waals surface area contributed by atoms with Crippen LogP contribution in [0.15, 0.2) is 22.9 Å². The summed E-state index contributed by atoms with van der Waals surface area (Å²) in [7, 11) is 1.65. The van der Waals surface area contributed by atoms with Crippen LogP contribution in [0.4, 0.5) is 0 Å². The quantitative estimate of drug-likeness (QED) is 0.797. The van der Waals surface area contributed by atoms with Crippen LogP contribution < -0.4 is 4.74 Å². The van der Waals surface area contributed by atoms with Gasteiger partial charge in [-0.2, -0.15) is 0 Å². The first-order valence-electron chi connectivity index (χ1n) is 5.83. The zero-order valence-corrected chi connectivity index (χ0v) is 13.3. The molecule has 1 aromatic heterocycles. The Balaban J connectivity index is 2.00. The largest absolute Gasteiger partial charge is 0.496 e. The standard InChI is InChI=1S/C13H11BrCl2N2O/c1-19-9-3-2-8(15)13(16)12(9)7-4-11-17-10(14)6-18(11)5-7/h2-3,6-7H,4-5H2,1H3. The van der Waals surface area contributed by atoms with E-state index in [1.165, 1.54) is 0 Å². The molecule has 3 rings (SSSR count). The maximum atomic E-state index is 6.35. The van der Waals surface area contributed by atoms with Crippen molar-refractivity contribution in [3.8, 4) is 5.75 Å². The van der Waals surface area contributed by atoms with E-state index in [4.69, 9.17) is 27.9 Å². The van der Waals surface area contributed by atoms with Gasteiger partial charge in [0.2, 0.25) is 0 Å². The van der Waals surface area contributed by atoms with E-state index < -0.39 is 0 Å². The summed E-state index contributed by atoms with van der Waals surface area (Å²) < 4.78 is 8.41. The summed E-state index contributed by atoms with van der Waals surface area (Å²) in [5.74, 6) is 2.08. The highest BCUT2D eigenvalue weighted by molar-refractivity contribution is 9.10. The Bertz CT molecular complexity index is 618. The second-order valence-electron chi connectivity index (χ2n) is 4.51. The highest BCUT2D eigenvalue weighted by Crippen LogP contribution is 2.42. The molecule has 1 atom stereocenters. The van der Waals surface area contributed by atoms with Crippen molar-refractivity contribution in [1.82, 2.24) is 9.55 Å². The van der Waals surface area contributed by atoms with E-state index in [-0.39, 0.29) is 5.92 Å². The first-order chi connectivity index (χ1) is 9.10. The van der Waals surface area contributed by atoms with Crippen LogP contribution in [-0.2, 0) is 13.0 Å². The Labute approximate surface area is 129 Å². The van der Waals surface area contributed by atoms with Gasteiger partial charge in [-0.25, -0.2) is 4.98 Å². The number of halogens is 3. The van der Waals surface area contributed by atoms with Crippen molar-refractivity contribution in [3.05, 3.63) is 44.4 Å². The van der Waals surface area contributed by atoms with Crippen molar-refractivity contribution in [1.29, 1.82) is 0 Å². The minimum absolute atomic E-state index is 0.247. The number of methoxy groups -OCH3 is 1. The zero-order valence-electron chi connectivity index (χ0n) is 10.2. The number of hydrogen-bond acceptors (Lipinski definition) is 2. The molecule has 1 aliphatic rings. The molecule has 0 N–H and O–H groups in total. The molecular weight excluding hydrogens is 351 g/mol. The van der Waals surface area contributed by atoms with Crippen molar-refractivity contribution >= 4 is 39.1 Å². The summed E-state index contributed by atoms with van der Waals surface area (Å²) in [6, 6.07) is 3.62. The minimum Gasteiger partial charge on any atom is -0.496 e. The van der Waals surface area contributed by atoms with Gasteiger partial charge in [0.25, 0.3) is 0 Å². The van der Waals surface area contributed by atoms with E-state index in [0.29, 0.717) is 10.0 Å². The number of fused-ring (bicyclic) bond motifs is 1. The van der Waals surface area contributed by atoms with Crippen LogP contribution in [0.2, 0.25) is 10.0 Å². The zero-order chi connectivity index (χ0) is 13.6. The summed E-state index contributed by atoms with van der Waals surface area (Å²) in [5.41, 5.74) is 0.971. The van der Waals surface area contributed by atoms with Crippen LogP contribution in [0.1, 0.15) is 17.3 Å². The van der Waals surface area contributed by atoms with Gasteiger partial charge in [-0.1, -0.05) is 23.2 Å². The van der Waals surface area contributed by atoms with Gasteiger partial charge in [0, 0.05) is 30.6 Å². The Morgan fingerprint density at radius 1 is 1.42 bits per heavy atom. The maximum Gasteiger partial charge on any atom is 0.124 e. The molecule has 0 saturated carbocycles. The summed E-state index contributed by atoms with van der Waals surface area (Å²) in [6.45, 7) is 0.838. The Morgan fingerprint density at radius 2 is 2.21 bits per heavy atom. The molecule has 0 bridgehead atoms. The molecule has 0 amide bonds. The number of benzene rings is 1. The molecule has 0 aliphatic carbocycles. The highest BCUT2D eigenvalue weighted by Gasteiger charge is 2.29. The molecule has 6 heteroatoms. The molecular formula is C13H11BrCl2N2O. The molecule has 0 saturated heterocycles. The van der Waals surface area contributed by atoms with Gasteiger partial charge in [0.1, 0.15) is 16.2 Å². The summed E-state index contributed by atoms with van der Waals surface area (Å²) in [6.07, 6.45) is 2.82. The molecule has 1 unspecified atom stereocenters. The first-order valence-corrected chi connectivity index (χ1v) is 7.38. The summed E-state index contributed by atoms with van der Waals surface area (Å²) in [5, 5.41) is 1.14. The van der Waals surface area contributed by atoms with Crippen molar-refractivity contribution in [2.45, 2.75) is 18.9 Å². The summed E-state index contributed by atoms with van der Waals surface area (Å²) >= 11 is 15.8. The third-order valence-electron chi connectivity index (χ3n) is 3.40.